The van der Waals surface area contributed by atoms with E-state index in [-0.39, 0.29) is 29.3 Å². The number of likely N-dealkylation sites (tertiary alicyclic amines) is 1. The van der Waals surface area contributed by atoms with Crippen LogP contribution in [0.4, 0.5) is 14.5 Å². The number of carbonyl (C=O) groups excluding carboxylic acids is 2. The SMILES string of the molecule is O=C(Nc1ccc(F)cc1F)C1CCC(C(=O)N2CCCC2)CC1. The normalized spacial score (nSPS) is 24.0. The summed E-state index contributed by atoms with van der Waals surface area (Å²) in [5.41, 5.74) is -0.00309. The van der Waals surface area contributed by atoms with Crippen molar-refractivity contribution in [3.63, 3.8) is 0 Å². The Kier molecular flexibility index (Phi) is 5.11. The second kappa shape index (κ2) is 7.28. The zero-order valence-electron chi connectivity index (χ0n) is 13.6. The van der Waals surface area contributed by atoms with Crippen LogP contribution < -0.4 is 5.32 Å². The van der Waals surface area contributed by atoms with Crippen LogP contribution in [0.15, 0.2) is 18.2 Å². The molecule has 2 aliphatic rings. The van der Waals surface area contributed by atoms with Gasteiger partial charge in [0.1, 0.15) is 11.6 Å². The molecule has 4 nitrogen and oxygen atoms in total. The molecular weight excluding hydrogens is 314 g/mol. The number of nitrogens with zero attached hydrogens (tertiary/aromatic N) is 1. The van der Waals surface area contributed by atoms with Crippen LogP contribution in [0.25, 0.3) is 0 Å². The Labute approximate surface area is 140 Å². The van der Waals surface area contributed by atoms with E-state index >= 15 is 0 Å². The van der Waals surface area contributed by atoms with E-state index in [0.717, 1.165) is 38.1 Å². The first-order chi connectivity index (χ1) is 11.5. The van der Waals surface area contributed by atoms with Crippen LogP contribution in [0.1, 0.15) is 38.5 Å². The predicted molar refractivity (Wildman–Crippen MR) is 86.2 cm³/mol. The Bertz CT molecular complexity index is 621. The number of rotatable bonds is 3. The van der Waals surface area contributed by atoms with E-state index in [4.69, 9.17) is 0 Å². The molecule has 1 heterocycles. The summed E-state index contributed by atoms with van der Waals surface area (Å²) < 4.78 is 26.5. The van der Waals surface area contributed by atoms with Crippen molar-refractivity contribution in [2.75, 3.05) is 18.4 Å². The summed E-state index contributed by atoms with van der Waals surface area (Å²) in [4.78, 5) is 26.6. The van der Waals surface area contributed by atoms with Gasteiger partial charge in [0.25, 0.3) is 0 Å². The van der Waals surface area contributed by atoms with Crippen LogP contribution in [0.5, 0.6) is 0 Å². The molecule has 0 atom stereocenters. The van der Waals surface area contributed by atoms with Gasteiger partial charge in [-0.15, -0.1) is 0 Å². The summed E-state index contributed by atoms with van der Waals surface area (Å²) >= 11 is 0. The van der Waals surface area contributed by atoms with Crippen LogP contribution in [-0.2, 0) is 9.59 Å². The molecule has 2 amide bonds. The summed E-state index contributed by atoms with van der Waals surface area (Å²) in [6.45, 7) is 1.70. The molecule has 1 saturated carbocycles. The van der Waals surface area contributed by atoms with Gasteiger partial charge in [-0.2, -0.15) is 0 Å². The van der Waals surface area contributed by atoms with Gasteiger partial charge in [-0.25, -0.2) is 8.78 Å². The molecule has 0 spiro atoms. The molecule has 1 aromatic carbocycles. The molecule has 1 saturated heterocycles. The summed E-state index contributed by atoms with van der Waals surface area (Å²) in [7, 11) is 0. The van der Waals surface area contributed by atoms with Crippen molar-refractivity contribution in [2.24, 2.45) is 11.8 Å². The first-order valence-corrected chi connectivity index (χ1v) is 8.59. The van der Waals surface area contributed by atoms with Crippen molar-refractivity contribution in [2.45, 2.75) is 38.5 Å². The predicted octanol–water partition coefficient (Wildman–Crippen LogP) is 3.33. The largest absolute Gasteiger partial charge is 0.342 e. The first kappa shape index (κ1) is 16.9. The molecule has 1 aromatic rings. The molecule has 2 fully saturated rings. The number of anilines is 1. The van der Waals surface area contributed by atoms with Gasteiger partial charge >= 0.3 is 0 Å². The Morgan fingerprint density at radius 2 is 1.62 bits per heavy atom. The van der Waals surface area contributed by atoms with E-state index < -0.39 is 11.6 Å². The molecule has 24 heavy (non-hydrogen) atoms. The minimum atomic E-state index is -0.777. The molecule has 0 unspecified atom stereocenters. The van der Waals surface area contributed by atoms with Crippen molar-refractivity contribution in [1.29, 1.82) is 0 Å². The molecule has 0 radical (unpaired) electrons. The summed E-state index contributed by atoms with van der Waals surface area (Å²) in [5, 5.41) is 2.53. The van der Waals surface area contributed by atoms with Crippen molar-refractivity contribution in [3.8, 4) is 0 Å². The van der Waals surface area contributed by atoms with E-state index in [1.165, 1.54) is 6.07 Å². The summed E-state index contributed by atoms with van der Waals surface area (Å²) in [5.74, 6) is -1.71. The second-order valence-electron chi connectivity index (χ2n) is 6.69. The first-order valence-electron chi connectivity index (χ1n) is 8.59. The number of amides is 2. The van der Waals surface area contributed by atoms with Crippen molar-refractivity contribution in [3.05, 3.63) is 29.8 Å². The lowest BCUT2D eigenvalue weighted by Gasteiger charge is -2.29. The number of hydrogen-bond acceptors (Lipinski definition) is 2. The van der Waals surface area contributed by atoms with Crippen molar-refractivity contribution in [1.82, 2.24) is 4.90 Å². The average Bonchev–Trinajstić information content (AvgIpc) is 3.11. The lowest BCUT2D eigenvalue weighted by atomic mass is 9.81. The maximum absolute atomic E-state index is 13.6. The number of hydrogen-bond donors (Lipinski definition) is 1. The maximum atomic E-state index is 13.6. The molecule has 1 N–H and O–H groups in total. The number of nitrogens with one attached hydrogen (secondary N) is 1. The molecule has 3 rings (SSSR count). The second-order valence-corrected chi connectivity index (χ2v) is 6.69. The highest BCUT2D eigenvalue weighted by Crippen LogP contribution is 2.32. The molecule has 0 aromatic heterocycles. The van der Waals surface area contributed by atoms with Crippen molar-refractivity contribution >= 4 is 17.5 Å². The number of carbonyl (C=O) groups is 2. The maximum Gasteiger partial charge on any atom is 0.227 e. The quantitative estimate of drug-likeness (QED) is 0.920. The lowest BCUT2D eigenvalue weighted by Crippen LogP contribution is -2.37. The van der Waals surface area contributed by atoms with Gasteiger partial charge in [-0.1, -0.05) is 0 Å². The average molecular weight is 336 g/mol. The topological polar surface area (TPSA) is 49.4 Å². The van der Waals surface area contributed by atoms with Gasteiger partial charge in [0.05, 0.1) is 5.69 Å². The number of benzene rings is 1. The summed E-state index contributed by atoms with van der Waals surface area (Å²) in [6.07, 6.45) is 4.79. The van der Waals surface area contributed by atoms with Gasteiger partial charge in [0, 0.05) is 31.0 Å². The zero-order valence-corrected chi connectivity index (χ0v) is 13.6. The molecule has 1 aliphatic carbocycles. The highest BCUT2D eigenvalue weighted by atomic mass is 19.1. The van der Waals surface area contributed by atoms with Crippen LogP contribution >= 0.6 is 0 Å². The fourth-order valence-electron chi connectivity index (χ4n) is 3.62. The van der Waals surface area contributed by atoms with Gasteiger partial charge in [-0.05, 0) is 50.7 Å². The third kappa shape index (κ3) is 3.74. The Hall–Kier alpha value is -1.98. The van der Waals surface area contributed by atoms with Gasteiger partial charge in [0.15, 0.2) is 0 Å². The summed E-state index contributed by atoms with van der Waals surface area (Å²) in [6, 6.07) is 3.09. The lowest BCUT2D eigenvalue weighted by molar-refractivity contribution is -0.136. The van der Waals surface area contributed by atoms with Crippen LogP contribution in [-0.4, -0.2) is 29.8 Å². The van der Waals surface area contributed by atoms with Crippen LogP contribution in [0, 0.1) is 23.5 Å². The molecule has 0 bridgehead atoms. The van der Waals surface area contributed by atoms with E-state index in [0.29, 0.717) is 25.7 Å². The minimum absolute atomic E-state index is 0.00309. The third-order valence-electron chi connectivity index (χ3n) is 5.05. The monoisotopic (exact) mass is 336 g/mol. The number of halogens is 2. The van der Waals surface area contributed by atoms with Gasteiger partial charge in [0.2, 0.25) is 11.8 Å². The fourth-order valence-corrected chi connectivity index (χ4v) is 3.62. The van der Waals surface area contributed by atoms with E-state index in [1.807, 2.05) is 4.90 Å². The Balaban J connectivity index is 1.52. The zero-order chi connectivity index (χ0) is 17.1. The van der Waals surface area contributed by atoms with Crippen LogP contribution in [0.3, 0.4) is 0 Å². The Morgan fingerprint density at radius 3 is 2.25 bits per heavy atom. The smallest absolute Gasteiger partial charge is 0.227 e. The van der Waals surface area contributed by atoms with E-state index in [1.54, 1.807) is 0 Å². The fraction of sp³-hybridized carbons (Fsp3) is 0.556. The third-order valence-corrected chi connectivity index (χ3v) is 5.05. The molecule has 130 valence electrons. The minimum Gasteiger partial charge on any atom is -0.342 e. The highest BCUT2D eigenvalue weighted by Gasteiger charge is 2.33. The van der Waals surface area contributed by atoms with E-state index in [2.05, 4.69) is 5.32 Å². The Morgan fingerprint density at radius 1 is 1.00 bits per heavy atom. The standard InChI is InChI=1S/C18H22F2N2O2/c19-14-7-8-16(15(20)11-14)21-17(23)12-3-5-13(6-4-12)18(24)22-9-1-2-10-22/h7-8,11-13H,1-6,9-10H2,(H,21,23). The molecular formula is C18H22F2N2O2. The van der Waals surface area contributed by atoms with Gasteiger partial charge in [-0.3, -0.25) is 9.59 Å². The van der Waals surface area contributed by atoms with Crippen molar-refractivity contribution < 1.29 is 18.4 Å². The molecule has 6 heteroatoms. The van der Waals surface area contributed by atoms with E-state index in [9.17, 15) is 18.4 Å². The van der Waals surface area contributed by atoms with Crippen LogP contribution in [0.2, 0.25) is 0 Å². The molecule has 1 aliphatic heterocycles. The van der Waals surface area contributed by atoms with Gasteiger partial charge < -0.3 is 10.2 Å². The highest BCUT2D eigenvalue weighted by molar-refractivity contribution is 5.92.